The molecule has 2 aromatic carbocycles. The molecule has 0 aliphatic carbocycles. The Hall–Kier alpha value is -3.32. The molecule has 0 bridgehead atoms. The number of rotatable bonds is 4. The Labute approximate surface area is 148 Å². The molecule has 2 N–H and O–H groups in total. The van der Waals surface area contributed by atoms with Crippen LogP contribution in [0.15, 0.2) is 58.1 Å². The second kappa shape index (κ2) is 6.53. The molecule has 0 aliphatic heterocycles. The predicted molar refractivity (Wildman–Crippen MR) is 99.9 cm³/mol. The maximum Gasteiger partial charge on any atom is 0.271 e. The number of H-pyrrole nitrogens is 2. The molecule has 26 heavy (non-hydrogen) atoms. The Morgan fingerprint density at radius 3 is 2.42 bits per heavy atom. The second-order valence-electron chi connectivity index (χ2n) is 6.23. The van der Waals surface area contributed by atoms with Crippen molar-refractivity contribution in [1.82, 2.24) is 24.8 Å². The standard InChI is InChI=1S/C19H17N5O2/c1-24(10-16-19(26)22-15-9-5-4-8-14(15)20-16)11-17-21-13-7-3-2-6-12(13)18(25)23-17/h2-9H,10-11H2,1H3,(H,22,26)(H,21,23,25). The Morgan fingerprint density at radius 2 is 1.58 bits per heavy atom. The van der Waals surface area contributed by atoms with Gasteiger partial charge >= 0.3 is 0 Å². The maximum atomic E-state index is 12.2. The van der Waals surface area contributed by atoms with Gasteiger partial charge in [0.2, 0.25) is 0 Å². The average Bonchev–Trinajstić information content (AvgIpc) is 2.62. The van der Waals surface area contributed by atoms with Crippen molar-refractivity contribution in [2.75, 3.05) is 7.05 Å². The first-order valence-electron chi connectivity index (χ1n) is 8.24. The summed E-state index contributed by atoms with van der Waals surface area (Å²) < 4.78 is 0. The summed E-state index contributed by atoms with van der Waals surface area (Å²) in [7, 11) is 1.85. The summed E-state index contributed by atoms with van der Waals surface area (Å²) in [6.45, 7) is 0.741. The summed E-state index contributed by atoms with van der Waals surface area (Å²) in [4.78, 5) is 40.9. The van der Waals surface area contributed by atoms with Crippen LogP contribution in [0.4, 0.5) is 0 Å². The van der Waals surface area contributed by atoms with E-state index in [-0.39, 0.29) is 11.1 Å². The van der Waals surface area contributed by atoms with Crippen molar-refractivity contribution in [2.24, 2.45) is 0 Å². The molecule has 4 rings (SSSR count). The summed E-state index contributed by atoms with van der Waals surface area (Å²) in [5.74, 6) is 0.549. The van der Waals surface area contributed by atoms with Gasteiger partial charge in [0, 0.05) is 6.54 Å². The molecule has 0 spiro atoms. The zero-order valence-corrected chi connectivity index (χ0v) is 14.2. The van der Waals surface area contributed by atoms with E-state index < -0.39 is 0 Å². The van der Waals surface area contributed by atoms with E-state index in [2.05, 4.69) is 19.9 Å². The highest BCUT2D eigenvalue weighted by Crippen LogP contribution is 2.09. The summed E-state index contributed by atoms with van der Waals surface area (Å²) in [5, 5.41) is 0.562. The molecule has 0 fully saturated rings. The number of hydrogen-bond acceptors (Lipinski definition) is 5. The molecule has 4 aromatic rings. The first-order valence-corrected chi connectivity index (χ1v) is 8.24. The van der Waals surface area contributed by atoms with E-state index in [1.807, 2.05) is 54.4 Å². The van der Waals surface area contributed by atoms with Crippen LogP contribution in [0.2, 0.25) is 0 Å². The Balaban J connectivity index is 1.59. The van der Waals surface area contributed by atoms with Gasteiger partial charge in [0.25, 0.3) is 11.1 Å². The predicted octanol–water partition coefficient (Wildman–Crippen LogP) is 1.79. The summed E-state index contributed by atoms with van der Waals surface area (Å²) in [6, 6.07) is 14.6. The van der Waals surface area contributed by atoms with Crippen molar-refractivity contribution < 1.29 is 0 Å². The highest BCUT2D eigenvalue weighted by molar-refractivity contribution is 5.77. The number of aromatic amines is 2. The van der Waals surface area contributed by atoms with E-state index in [1.165, 1.54) is 0 Å². The third kappa shape index (κ3) is 3.12. The van der Waals surface area contributed by atoms with E-state index in [1.54, 1.807) is 6.07 Å². The molecular formula is C19H17N5O2. The minimum Gasteiger partial charge on any atom is -0.319 e. The van der Waals surface area contributed by atoms with Crippen LogP contribution in [0, 0.1) is 0 Å². The summed E-state index contributed by atoms with van der Waals surface area (Å²) in [6.07, 6.45) is 0. The van der Waals surface area contributed by atoms with Crippen LogP contribution in [0.25, 0.3) is 21.9 Å². The molecule has 0 saturated heterocycles. The zero-order chi connectivity index (χ0) is 18.1. The molecule has 0 radical (unpaired) electrons. The van der Waals surface area contributed by atoms with Crippen LogP contribution >= 0.6 is 0 Å². The van der Waals surface area contributed by atoms with Gasteiger partial charge in [-0.25, -0.2) is 9.97 Å². The van der Waals surface area contributed by atoms with E-state index in [0.29, 0.717) is 41.0 Å². The molecule has 0 saturated carbocycles. The molecule has 7 heteroatoms. The summed E-state index contributed by atoms with van der Waals surface area (Å²) >= 11 is 0. The first kappa shape index (κ1) is 16.2. The van der Waals surface area contributed by atoms with Crippen LogP contribution < -0.4 is 11.1 Å². The lowest BCUT2D eigenvalue weighted by Crippen LogP contribution is -2.26. The van der Waals surface area contributed by atoms with Gasteiger partial charge < -0.3 is 9.97 Å². The van der Waals surface area contributed by atoms with Gasteiger partial charge in [0.1, 0.15) is 11.5 Å². The van der Waals surface area contributed by atoms with E-state index in [0.717, 1.165) is 5.52 Å². The maximum absolute atomic E-state index is 12.2. The average molecular weight is 347 g/mol. The van der Waals surface area contributed by atoms with E-state index in [9.17, 15) is 9.59 Å². The number of hydrogen-bond donors (Lipinski definition) is 2. The zero-order valence-electron chi connectivity index (χ0n) is 14.2. The summed E-state index contributed by atoms with van der Waals surface area (Å²) in [5.41, 5.74) is 2.16. The fourth-order valence-electron chi connectivity index (χ4n) is 2.95. The van der Waals surface area contributed by atoms with Crippen LogP contribution in [-0.4, -0.2) is 31.9 Å². The Kier molecular flexibility index (Phi) is 4.06. The molecule has 7 nitrogen and oxygen atoms in total. The topological polar surface area (TPSA) is 94.7 Å². The Morgan fingerprint density at radius 1 is 0.846 bits per heavy atom. The van der Waals surface area contributed by atoms with Gasteiger partial charge in [-0.3, -0.25) is 14.5 Å². The van der Waals surface area contributed by atoms with Gasteiger partial charge in [-0.15, -0.1) is 0 Å². The number of nitrogens with one attached hydrogen (secondary N) is 2. The van der Waals surface area contributed by atoms with Crippen molar-refractivity contribution in [2.45, 2.75) is 13.1 Å². The fourth-order valence-corrected chi connectivity index (χ4v) is 2.95. The minimum atomic E-state index is -0.212. The number of benzene rings is 2. The first-order chi connectivity index (χ1) is 12.6. The smallest absolute Gasteiger partial charge is 0.271 e. The largest absolute Gasteiger partial charge is 0.319 e. The number of nitrogens with zero attached hydrogens (tertiary/aromatic N) is 3. The van der Waals surface area contributed by atoms with Crippen LogP contribution in [0.3, 0.4) is 0 Å². The fraction of sp³-hybridized carbons (Fsp3) is 0.158. The molecule has 2 aromatic heterocycles. The highest BCUT2D eigenvalue weighted by atomic mass is 16.1. The third-order valence-corrected chi connectivity index (χ3v) is 4.17. The second-order valence-corrected chi connectivity index (χ2v) is 6.23. The van der Waals surface area contributed by atoms with Gasteiger partial charge in [0.15, 0.2) is 0 Å². The quantitative estimate of drug-likeness (QED) is 0.587. The highest BCUT2D eigenvalue weighted by Gasteiger charge is 2.10. The third-order valence-electron chi connectivity index (χ3n) is 4.17. The molecule has 130 valence electrons. The number of para-hydroxylation sites is 3. The number of fused-ring (bicyclic) bond motifs is 2. The monoisotopic (exact) mass is 347 g/mol. The van der Waals surface area contributed by atoms with E-state index in [4.69, 9.17) is 0 Å². The normalized spacial score (nSPS) is 11.5. The van der Waals surface area contributed by atoms with Crippen LogP contribution in [0.5, 0.6) is 0 Å². The van der Waals surface area contributed by atoms with Crippen molar-refractivity contribution >= 4 is 21.9 Å². The minimum absolute atomic E-state index is 0.166. The lowest BCUT2D eigenvalue weighted by molar-refractivity contribution is 0.306. The molecule has 0 atom stereocenters. The Bertz CT molecular complexity index is 1210. The molecule has 0 aliphatic rings. The van der Waals surface area contributed by atoms with Crippen LogP contribution in [0.1, 0.15) is 11.5 Å². The van der Waals surface area contributed by atoms with Crippen molar-refractivity contribution in [1.29, 1.82) is 0 Å². The SMILES string of the molecule is CN(Cc1nc2ccccc2c(=O)[nH]1)Cc1nc2ccccc2[nH]c1=O. The van der Waals surface area contributed by atoms with E-state index >= 15 is 0 Å². The lowest BCUT2D eigenvalue weighted by atomic mass is 10.2. The van der Waals surface area contributed by atoms with Crippen molar-refractivity contribution in [3.05, 3.63) is 80.8 Å². The van der Waals surface area contributed by atoms with Crippen LogP contribution in [-0.2, 0) is 13.1 Å². The molecule has 0 unspecified atom stereocenters. The van der Waals surface area contributed by atoms with Gasteiger partial charge in [-0.2, -0.15) is 0 Å². The van der Waals surface area contributed by atoms with Gasteiger partial charge in [-0.05, 0) is 31.3 Å². The lowest BCUT2D eigenvalue weighted by Gasteiger charge is -2.15. The van der Waals surface area contributed by atoms with Crippen molar-refractivity contribution in [3.8, 4) is 0 Å². The molecule has 0 amide bonds. The van der Waals surface area contributed by atoms with Gasteiger partial charge in [-0.1, -0.05) is 24.3 Å². The van der Waals surface area contributed by atoms with Crippen molar-refractivity contribution in [3.63, 3.8) is 0 Å². The van der Waals surface area contributed by atoms with Gasteiger partial charge in [0.05, 0.1) is 28.5 Å². The number of aromatic nitrogens is 4. The molecule has 2 heterocycles. The molecular weight excluding hydrogens is 330 g/mol.